The van der Waals surface area contributed by atoms with Gasteiger partial charge in [-0.3, -0.25) is 4.79 Å². The molecule has 176 valence electrons. The predicted molar refractivity (Wildman–Crippen MR) is 127 cm³/mol. The lowest BCUT2D eigenvalue weighted by atomic mass is 10.00. The van der Waals surface area contributed by atoms with Crippen molar-refractivity contribution in [3.63, 3.8) is 0 Å². The number of aromatic hydroxyl groups is 1. The summed E-state index contributed by atoms with van der Waals surface area (Å²) in [7, 11) is 2.96. The molecule has 0 saturated heterocycles. The van der Waals surface area contributed by atoms with Gasteiger partial charge < -0.3 is 24.3 Å². The fourth-order valence-electron chi connectivity index (χ4n) is 4.17. The molecule has 0 fully saturated rings. The maximum absolute atomic E-state index is 14.1. The van der Waals surface area contributed by atoms with E-state index in [4.69, 9.17) is 13.9 Å². The molecule has 2 N–H and O–H groups in total. The van der Waals surface area contributed by atoms with Crippen LogP contribution in [0.3, 0.4) is 0 Å². The summed E-state index contributed by atoms with van der Waals surface area (Å²) >= 11 is 0. The molecular formula is C27H26FNO5. The molecule has 6 nitrogen and oxygen atoms in total. The zero-order chi connectivity index (χ0) is 24.2. The summed E-state index contributed by atoms with van der Waals surface area (Å²) in [6.07, 6.45) is 4.24. The highest BCUT2D eigenvalue weighted by Gasteiger charge is 2.25. The molecule has 1 amide bonds. The molecule has 4 rings (SSSR count). The zero-order valence-corrected chi connectivity index (χ0v) is 19.3. The number of benzene rings is 2. The Balaban J connectivity index is 1.61. The Kier molecular flexibility index (Phi) is 6.72. The van der Waals surface area contributed by atoms with E-state index in [1.165, 1.54) is 26.4 Å². The molecule has 7 heteroatoms. The van der Waals surface area contributed by atoms with Crippen molar-refractivity contribution >= 4 is 17.1 Å². The number of hydrogen-bond acceptors (Lipinski definition) is 5. The van der Waals surface area contributed by atoms with Crippen LogP contribution in [0, 0.1) is 5.82 Å². The van der Waals surface area contributed by atoms with E-state index in [2.05, 4.69) is 5.32 Å². The van der Waals surface area contributed by atoms with Crippen LogP contribution in [0.15, 0.2) is 64.8 Å². The van der Waals surface area contributed by atoms with Gasteiger partial charge in [0, 0.05) is 0 Å². The number of amides is 1. The second-order valence-electron chi connectivity index (χ2n) is 8.00. The Labute approximate surface area is 197 Å². The van der Waals surface area contributed by atoms with E-state index < -0.39 is 0 Å². The highest BCUT2D eigenvalue weighted by Crippen LogP contribution is 2.43. The number of carbonyl (C=O) groups excluding carboxylic acids is 1. The van der Waals surface area contributed by atoms with Crippen molar-refractivity contribution in [3.05, 3.63) is 88.6 Å². The van der Waals surface area contributed by atoms with E-state index in [0.717, 1.165) is 33.4 Å². The number of furan rings is 1. The van der Waals surface area contributed by atoms with Gasteiger partial charge in [-0.15, -0.1) is 0 Å². The van der Waals surface area contributed by atoms with Crippen molar-refractivity contribution in [2.45, 2.75) is 26.3 Å². The van der Waals surface area contributed by atoms with Gasteiger partial charge >= 0.3 is 0 Å². The molecule has 1 aliphatic rings. The lowest BCUT2D eigenvalue weighted by Crippen LogP contribution is -2.22. The number of phenols is 1. The molecule has 0 radical (unpaired) electrons. The maximum atomic E-state index is 14.1. The Morgan fingerprint density at radius 1 is 1.12 bits per heavy atom. The maximum Gasteiger partial charge on any atom is 0.224 e. The van der Waals surface area contributed by atoms with Crippen LogP contribution in [0.2, 0.25) is 0 Å². The number of halogens is 1. The normalized spacial score (nSPS) is 13.8. The second kappa shape index (κ2) is 9.87. The Hall–Kier alpha value is -4.00. The molecule has 34 heavy (non-hydrogen) atoms. The third kappa shape index (κ3) is 4.69. The van der Waals surface area contributed by atoms with Crippen molar-refractivity contribution in [3.8, 4) is 17.2 Å². The summed E-state index contributed by atoms with van der Waals surface area (Å²) < 4.78 is 29.9. The van der Waals surface area contributed by atoms with E-state index >= 15 is 0 Å². The fraction of sp³-hybridized carbons (Fsp3) is 0.222. The summed E-state index contributed by atoms with van der Waals surface area (Å²) in [5.74, 6) is 0.731. The summed E-state index contributed by atoms with van der Waals surface area (Å²) in [6, 6.07) is 11.7. The van der Waals surface area contributed by atoms with Gasteiger partial charge in [0.2, 0.25) is 11.7 Å². The predicted octanol–water partition coefficient (Wildman–Crippen LogP) is 5.26. The van der Waals surface area contributed by atoms with Crippen LogP contribution in [0.25, 0.3) is 11.1 Å². The topological polar surface area (TPSA) is 80.9 Å². The minimum Gasteiger partial charge on any atom is -0.502 e. The largest absolute Gasteiger partial charge is 0.502 e. The Morgan fingerprint density at radius 3 is 2.50 bits per heavy atom. The fourth-order valence-corrected chi connectivity index (χ4v) is 4.17. The van der Waals surface area contributed by atoms with Crippen LogP contribution in [0.1, 0.15) is 35.8 Å². The molecule has 0 spiro atoms. The van der Waals surface area contributed by atoms with Crippen molar-refractivity contribution < 1.29 is 28.2 Å². The van der Waals surface area contributed by atoms with E-state index in [1.54, 1.807) is 36.6 Å². The number of ether oxygens (including phenoxy) is 2. The summed E-state index contributed by atoms with van der Waals surface area (Å²) in [4.78, 5) is 12.6. The smallest absolute Gasteiger partial charge is 0.224 e. The van der Waals surface area contributed by atoms with Crippen molar-refractivity contribution in [2.75, 3.05) is 14.2 Å². The average Bonchev–Trinajstić information content (AvgIpc) is 3.44. The van der Waals surface area contributed by atoms with E-state index in [1.807, 2.05) is 13.0 Å². The highest BCUT2D eigenvalue weighted by molar-refractivity contribution is 6.04. The monoisotopic (exact) mass is 463 g/mol. The standard InChI is InChI=1S/C27H26FNO5/c1-16-20(8-6-17-11-24(32-2)27(31)25(12-17)33-3)21-9-7-18(28)13-23(21)22(16)14-26(30)29-15-19-5-4-10-34-19/h4-5,7-13,31H,6,14-15H2,1-3H3,(H,29,30)/b20-8-. The van der Waals surface area contributed by atoms with Crippen molar-refractivity contribution in [1.29, 1.82) is 0 Å². The highest BCUT2D eigenvalue weighted by atomic mass is 19.1. The number of nitrogens with one attached hydrogen (secondary N) is 1. The Morgan fingerprint density at radius 2 is 1.85 bits per heavy atom. The molecule has 0 unspecified atom stereocenters. The number of rotatable bonds is 8. The van der Waals surface area contributed by atoms with Crippen LogP contribution in [0.4, 0.5) is 4.39 Å². The molecule has 1 aromatic heterocycles. The van der Waals surface area contributed by atoms with E-state index in [-0.39, 0.29) is 23.9 Å². The van der Waals surface area contributed by atoms with Gasteiger partial charge in [-0.05, 0) is 83.2 Å². The first kappa shape index (κ1) is 23.2. The van der Waals surface area contributed by atoms with Crippen LogP contribution < -0.4 is 14.8 Å². The molecule has 0 aliphatic heterocycles. The van der Waals surface area contributed by atoms with Gasteiger partial charge in [-0.2, -0.15) is 0 Å². The lowest BCUT2D eigenvalue weighted by Gasteiger charge is -2.11. The molecule has 1 heterocycles. The SMILES string of the molecule is COc1cc(C/C=C2/C(C)=C(CC(=O)NCc3ccco3)c3cc(F)ccc32)cc(OC)c1O. The van der Waals surface area contributed by atoms with Gasteiger partial charge in [-0.25, -0.2) is 4.39 Å². The lowest BCUT2D eigenvalue weighted by molar-refractivity contribution is -0.120. The molecule has 1 aliphatic carbocycles. The first-order valence-electron chi connectivity index (χ1n) is 10.8. The van der Waals surface area contributed by atoms with Gasteiger partial charge in [0.05, 0.1) is 33.4 Å². The summed E-state index contributed by atoms with van der Waals surface area (Å²) in [5.41, 5.74) is 5.13. The van der Waals surface area contributed by atoms with E-state index in [9.17, 15) is 14.3 Å². The van der Waals surface area contributed by atoms with Crippen LogP contribution in [0.5, 0.6) is 17.2 Å². The van der Waals surface area contributed by atoms with Gasteiger partial charge in [-0.1, -0.05) is 12.1 Å². The molecule has 0 atom stereocenters. The molecule has 2 aromatic carbocycles. The summed E-state index contributed by atoms with van der Waals surface area (Å²) in [5, 5.41) is 13.0. The van der Waals surface area contributed by atoms with Crippen LogP contribution in [-0.2, 0) is 17.8 Å². The minimum absolute atomic E-state index is 0.0537. The first-order valence-corrected chi connectivity index (χ1v) is 10.8. The third-order valence-corrected chi connectivity index (χ3v) is 5.91. The number of methoxy groups -OCH3 is 2. The van der Waals surface area contributed by atoms with Crippen molar-refractivity contribution in [2.24, 2.45) is 0 Å². The van der Waals surface area contributed by atoms with Gasteiger partial charge in [0.1, 0.15) is 11.6 Å². The number of hydrogen-bond donors (Lipinski definition) is 2. The number of fused-ring (bicyclic) bond motifs is 1. The minimum atomic E-state index is -0.352. The molecule has 0 bridgehead atoms. The molecular weight excluding hydrogens is 437 g/mol. The van der Waals surface area contributed by atoms with Crippen LogP contribution in [-0.4, -0.2) is 25.2 Å². The first-order chi connectivity index (χ1) is 16.4. The van der Waals surface area contributed by atoms with Crippen LogP contribution >= 0.6 is 0 Å². The number of carbonyl (C=O) groups is 1. The number of phenolic OH excluding ortho intramolecular Hbond substituents is 1. The van der Waals surface area contributed by atoms with E-state index in [0.29, 0.717) is 30.2 Å². The molecule has 0 saturated carbocycles. The van der Waals surface area contributed by atoms with Crippen molar-refractivity contribution in [1.82, 2.24) is 5.32 Å². The quantitative estimate of drug-likeness (QED) is 0.476. The summed E-state index contributed by atoms with van der Waals surface area (Å²) in [6.45, 7) is 2.23. The third-order valence-electron chi connectivity index (χ3n) is 5.91. The molecule has 3 aromatic rings. The zero-order valence-electron chi connectivity index (χ0n) is 19.3. The average molecular weight is 464 g/mol. The van der Waals surface area contributed by atoms with Gasteiger partial charge in [0.25, 0.3) is 0 Å². The second-order valence-corrected chi connectivity index (χ2v) is 8.00. The Bertz CT molecular complexity index is 1250. The van der Waals surface area contributed by atoms with Gasteiger partial charge in [0.15, 0.2) is 11.5 Å². The number of allylic oxidation sites excluding steroid dienone is 3.